The predicted molar refractivity (Wildman–Crippen MR) is 81.4 cm³/mol. The number of nitrogens with one attached hydrogen (secondary N) is 1. The minimum atomic E-state index is 0.861. The summed E-state index contributed by atoms with van der Waals surface area (Å²) < 4.78 is 2.97. The Morgan fingerprint density at radius 1 is 1.00 bits per heavy atom. The highest BCUT2D eigenvalue weighted by Crippen LogP contribution is 2.35. The van der Waals surface area contributed by atoms with Crippen molar-refractivity contribution < 1.29 is 0 Å². The third-order valence-electron chi connectivity index (χ3n) is 2.76. The maximum Gasteiger partial charge on any atom is 0.107 e. The molecule has 0 fully saturated rings. The average Bonchev–Trinajstić information content (AvgIpc) is 2.58. The van der Waals surface area contributed by atoms with E-state index < -0.39 is 0 Å². The summed E-state index contributed by atoms with van der Waals surface area (Å²) in [6, 6.07) is 6.19. The molecule has 0 radical (unpaired) electrons. The zero-order valence-corrected chi connectivity index (χ0v) is 13.6. The van der Waals surface area contributed by atoms with Crippen LogP contribution in [0.15, 0.2) is 31.7 Å². The van der Waals surface area contributed by atoms with E-state index in [-0.39, 0.29) is 0 Å². The van der Waals surface area contributed by atoms with Crippen molar-refractivity contribution in [3.8, 4) is 0 Å². The van der Waals surface area contributed by atoms with Crippen molar-refractivity contribution in [1.29, 1.82) is 0 Å². The van der Waals surface area contributed by atoms with Crippen LogP contribution in [0.25, 0.3) is 21.8 Å². The SMILES string of the molecule is Cc1nc(Br)cc2c1[nH]c1c(Br)cc(Br)cc12. The molecule has 0 aliphatic carbocycles. The minimum absolute atomic E-state index is 0.861. The van der Waals surface area contributed by atoms with Crippen LogP contribution in [0.2, 0.25) is 0 Å². The summed E-state index contributed by atoms with van der Waals surface area (Å²) in [4.78, 5) is 7.83. The van der Waals surface area contributed by atoms with E-state index in [9.17, 15) is 0 Å². The Morgan fingerprint density at radius 2 is 1.71 bits per heavy atom. The van der Waals surface area contributed by atoms with Crippen LogP contribution in [-0.4, -0.2) is 9.97 Å². The number of pyridine rings is 1. The van der Waals surface area contributed by atoms with E-state index in [1.807, 2.05) is 19.1 Å². The van der Waals surface area contributed by atoms with Gasteiger partial charge in [0.05, 0.1) is 16.7 Å². The van der Waals surface area contributed by atoms with E-state index in [2.05, 4.69) is 63.8 Å². The zero-order valence-electron chi connectivity index (χ0n) is 8.81. The van der Waals surface area contributed by atoms with Crippen LogP contribution in [0.3, 0.4) is 0 Å². The van der Waals surface area contributed by atoms with Crippen molar-refractivity contribution >= 4 is 69.6 Å². The van der Waals surface area contributed by atoms with Gasteiger partial charge in [0, 0.05) is 19.7 Å². The Morgan fingerprint density at radius 3 is 2.47 bits per heavy atom. The summed E-state index contributed by atoms with van der Waals surface area (Å²) >= 11 is 10.5. The molecule has 2 nitrogen and oxygen atoms in total. The molecule has 0 unspecified atom stereocenters. The maximum atomic E-state index is 4.41. The summed E-state index contributed by atoms with van der Waals surface area (Å²) in [5, 5.41) is 2.37. The minimum Gasteiger partial charge on any atom is -0.352 e. The fourth-order valence-electron chi connectivity index (χ4n) is 2.04. The number of aromatic nitrogens is 2. The van der Waals surface area contributed by atoms with Gasteiger partial charge in [0.1, 0.15) is 4.60 Å². The van der Waals surface area contributed by atoms with Gasteiger partial charge in [-0.2, -0.15) is 0 Å². The van der Waals surface area contributed by atoms with Gasteiger partial charge in [0.15, 0.2) is 0 Å². The van der Waals surface area contributed by atoms with Crippen molar-refractivity contribution in [2.75, 3.05) is 0 Å². The molecule has 3 aromatic rings. The van der Waals surface area contributed by atoms with Crippen molar-refractivity contribution in [3.05, 3.63) is 37.4 Å². The topological polar surface area (TPSA) is 28.7 Å². The Hall–Kier alpha value is -0.390. The molecule has 0 aliphatic heterocycles. The van der Waals surface area contributed by atoms with Crippen LogP contribution in [-0.2, 0) is 0 Å². The molecule has 0 aliphatic rings. The Balaban J connectivity index is 2.60. The van der Waals surface area contributed by atoms with Crippen LogP contribution >= 0.6 is 47.8 Å². The van der Waals surface area contributed by atoms with Crippen molar-refractivity contribution in [2.24, 2.45) is 0 Å². The van der Waals surface area contributed by atoms with Gasteiger partial charge in [0.2, 0.25) is 0 Å². The van der Waals surface area contributed by atoms with Gasteiger partial charge < -0.3 is 4.98 Å². The zero-order chi connectivity index (χ0) is 12.2. The van der Waals surface area contributed by atoms with E-state index in [4.69, 9.17) is 0 Å². The lowest BCUT2D eigenvalue weighted by atomic mass is 10.2. The van der Waals surface area contributed by atoms with E-state index in [1.54, 1.807) is 0 Å². The molecule has 2 heterocycles. The van der Waals surface area contributed by atoms with Gasteiger partial charge in [-0.15, -0.1) is 0 Å². The molecule has 1 aromatic carbocycles. The second kappa shape index (κ2) is 4.07. The smallest absolute Gasteiger partial charge is 0.107 e. The first-order valence-corrected chi connectivity index (χ1v) is 7.38. The van der Waals surface area contributed by atoms with Crippen molar-refractivity contribution in [1.82, 2.24) is 9.97 Å². The molecule has 3 rings (SSSR count). The number of H-pyrrole nitrogens is 1. The van der Waals surface area contributed by atoms with Crippen LogP contribution in [0, 0.1) is 6.92 Å². The first-order chi connectivity index (χ1) is 8.06. The van der Waals surface area contributed by atoms with E-state index >= 15 is 0 Å². The molecule has 86 valence electrons. The number of hydrogen-bond acceptors (Lipinski definition) is 1. The third-order valence-corrected chi connectivity index (χ3v) is 4.25. The fraction of sp³-hybridized carbons (Fsp3) is 0.0833. The normalized spacial score (nSPS) is 11.5. The number of nitrogens with zero attached hydrogens (tertiary/aromatic N) is 1. The molecule has 2 aromatic heterocycles. The van der Waals surface area contributed by atoms with Gasteiger partial charge in [0.25, 0.3) is 0 Å². The summed E-state index contributed by atoms with van der Waals surface area (Å²) in [6.45, 7) is 2.01. The second-order valence-corrected chi connectivity index (χ2v) is 6.47. The van der Waals surface area contributed by atoms with Crippen LogP contribution in [0.4, 0.5) is 0 Å². The molecule has 0 spiro atoms. The second-order valence-electron chi connectivity index (χ2n) is 3.89. The first-order valence-electron chi connectivity index (χ1n) is 5.00. The number of aromatic amines is 1. The fourth-order valence-corrected chi connectivity index (χ4v) is 3.86. The van der Waals surface area contributed by atoms with E-state index in [0.29, 0.717) is 0 Å². The summed E-state index contributed by atoms with van der Waals surface area (Å²) in [6.07, 6.45) is 0. The van der Waals surface area contributed by atoms with Crippen LogP contribution in [0.1, 0.15) is 5.69 Å². The quantitative estimate of drug-likeness (QED) is 0.492. The highest BCUT2D eigenvalue weighted by atomic mass is 79.9. The lowest BCUT2D eigenvalue weighted by Crippen LogP contribution is -1.83. The number of hydrogen-bond donors (Lipinski definition) is 1. The largest absolute Gasteiger partial charge is 0.352 e. The van der Waals surface area contributed by atoms with Gasteiger partial charge in [-0.25, -0.2) is 4.98 Å². The van der Waals surface area contributed by atoms with Gasteiger partial charge >= 0.3 is 0 Å². The molecule has 17 heavy (non-hydrogen) atoms. The standard InChI is InChI=1S/C12H7Br3N2/c1-5-11-8(4-10(15)16-5)7-2-6(13)3-9(14)12(7)17-11/h2-4,17H,1H3. The maximum absolute atomic E-state index is 4.41. The Labute approximate surface area is 123 Å². The summed E-state index contributed by atoms with van der Waals surface area (Å²) in [7, 11) is 0. The molecule has 1 N–H and O–H groups in total. The molecule has 0 saturated carbocycles. The number of benzene rings is 1. The molecule has 0 bridgehead atoms. The lowest BCUT2D eigenvalue weighted by molar-refractivity contribution is 1.19. The number of fused-ring (bicyclic) bond motifs is 3. The van der Waals surface area contributed by atoms with Crippen molar-refractivity contribution in [2.45, 2.75) is 6.92 Å². The number of aryl methyl sites for hydroxylation is 1. The molecule has 0 atom stereocenters. The molecular formula is C12H7Br3N2. The highest BCUT2D eigenvalue weighted by Gasteiger charge is 2.11. The molecule has 5 heteroatoms. The first kappa shape index (κ1) is 11.7. The summed E-state index contributed by atoms with van der Waals surface area (Å²) in [5.41, 5.74) is 3.18. The predicted octanol–water partition coefficient (Wildman–Crippen LogP) is 5.31. The summed E-state index contributed by atoms with van der Waals surface area (Å²) in [5.74, 6) is 0. The van der Waals surface area contributed by atoms with Crippen LogP contribution in [0.5, 0.6) is 0 Å². The number of rotatable bonds is 0. The van der Waals surface area contributed by atoms with E-state index in [1.165, 1.54) is 10.8 Å². The Kier molecular flexibility index (Phi) is 2.80. The Bertz CT molecular complexity index is 684. The van der Waals surface area contributed by atoms with Gasteiger partial charge in [-0.1, -0.05) is 15.9 Å². The van der Waals surface area contributed by atoms with Crippen molar-refractivity contribution in [3.63, 3.8) is 0 Å². The number of halogens is 3. The molecular weight excluding hydrogens is 412 g/mol. The molecule has 0 amide bonds. The average molecular weight is 419 g/mol. The lowest BCUT2D eigenvalue weighted by Gasteiger charge is -1.97. The van der Waals surface area contributed by atoms with E-state index in [0.717, 1.165) is 30.3 Å². The van der Waals surface area contributed by atoms with Crippen LogP contribution < -0.4 is 0 Å². The molecule has 0 saturated heterocycles. The van der Waals surface area contributed by atoms with Gasteiger partial charge in [-0.3, -0.25) is 0 Å². The monoisotopic (exact) mass is 416 g/mol. The third kappa shape index (κ3) is 1.84. The van der Waals surface area contributed by atoms with Gasteiger partial charge in [-0.05, 0) is 57.0 Å². The highest BCUT2D eigenvalue weighted by molar-refractivity contribution is 9.11.